The Kier molecular flexibility index (Phi) is 4.02. The lowest BCUT2D eigenvalue weighted by atomic mass is 9.98. The Morgan fingerprint density at radius 3 is 1.82 bits per heavy atom. The van der Waals surface area contributed by atoms with Gasteiger partial charge in [0.2, 0.25) is 0 Å². The Morgan fingerprint density at radius 2 is 1.41 bits per heavy atom. The van der Waals surface area contributed by atoms with E-state index in [4.69, 9.17) is 0 Å². The summed E-state index contributed by atoms with van der Waals surface area (Å²) < 4.78 is 86.6. The Labute approximate surface area is 95.1 Å². The summed E-state index contributed by atoms with van der Waals surface area (Å²) in [5.74, 6) is 0. The molecular formula is C8H11F5O3S. The molecule has 0 atom stereocenters. The fourth-order valence-electron chi connectivity index (χ4n) is 1.54. The first-order valence-electron chi connectivity index (χ1n) is 4.95. The van der Waals surface area contributed by atoms with Crippen LogP contribution in [-0.2, 0) is 14.3 Å². The molecule has 1 fully saturated rings. The average Bonchev–Trinajstić information content (AvgIpc) is 2.16. The lowest BCUT2D eigenvalue weighted by Crippen LogP contribution is -2.46. The minimum atomic E-state index is -6.17. The van der Waals surface area contributed by atoms with Gasteiger partial charge in [0.05, 0.1) is 6.10 Å². The van der Waals surface area contributed by atoms with Crippen LogP contribution in [0.5, 0.6) is 0 Å². The maximum Gasteiger partial charge on any atom is 0.472 e. The molecule has 9 heteroatoms. The van der Waals surface area contributed by atoms with Crippen molar-refractivity contribution in [3.63, 3.8) is 0 Å². The Hall–Kier alpha value is -0.440. The quantitative estimate of drug-likeness (QED) is 0.590. The largest absolute Gasteiger partial charge is 0.472 e. The van der Waals surface area contributed by atoms with Crippen molar-refractivity contribution in [1.29, 1.82) is 0 Å². The predicted octanol–water partition coefficient (Wildman–Crippen LogP) is 2.82. The third-order valence-corrected chi connectivity index (χ3v) is 3.84. The standard InChI is InChI=1S/C8H11F5O3S/c9-7(10,11)8(12,13)17(14,15)16-6-4-2-1-3-5-6/h6H,1-5H2. The molecule has 102 valence electrons. The Morgan fingerprint density at radius 1 is 0.941 bits per heavy atom. The molecule has 1 saturated carbocycles. The van der Waals surface area contributed by atoms with E-state index in [0.29, 0.717) is 12.8 Å². The van der Waals surface area contributed by atoms with Crippen LogP contribution in [0.2, 0.25) is 0 Å². The SMILES string of the molecule is O=S(=O)(OC1CCCCC1)C(F)(F)C(F)(F)F. The van der Waals surface area contributed by atoms with Crippen molar-refractivity contribution >= 4 is 10.1 Å². The molecule has 0 unspecified atom stereocenters. The van der Waals surface area contributed by atoms with Crippen LogP contribution in [-0.4, -0.2) is 26.0 Å². The molecule has 1 rings (SSSR count). The molecule has 0 spiro atoms. The lowest BCUT2D eigenvalue weighted by molar-refractivity contribution is -0.244. The summed E-state index contributed by atoms with van der Waals surface area (Å²) in [6.07, 6.45) is -5.01. The summed E-state index contributed by atoms with van der Waals surface area (Å²) in [4.78, 5) is 0. The first kappa shape index (κ1) is 14.6. The molecule has 0 aromatic heterocycles. The van der Waals surface area contributed by atoms with Crippen molar-refractivity contribution in [2.75, 3.05) is 0 Å². The number of hydrogen-bond donors (Lipinski definition) is 0. The normalized spacial score (nSPS) is 20.5. The van der Waals surface area contributed by atoms with Crippen molar-refractivity contribution in [2.24, 2.45) is 0 Å². The average molecular weight is 282 g/mol. The predicted molar refractivity (Wildman–Crippen MR) is 47.9 cm³/mol. The molecule has 1 aliphatic carbocycles. The van der Waals surface area contributed by atoms with E-state index in [1.54, 1.807) is 0 Å². The van der Waals surface area contributed by atoms with Gasteiger partial charge in [-0.1, -0.05) is 19.3 Å². The summed E-state index contributed by atoms with van der Waals surface area (Å²) >= 11 is 0. The fraction of sp³-hybridized carbons (Fsp3) is 1.00. The second kappa shape index (κ2) is 4.68. The van der Waals surface area contributed by atoms with E-state index in [1.165, 1.54) is 0 Å². The van der Waals surface area contributed by atoms with Crippen LogP contribution in [0.1, 0.15) is 32.1 Å². The Balaban J connectivity index is 2.80. The van der Waals surface area contributed by atoms with E-state index in [9.17, 15) is 30.4 Å². The number of rotatable bonds is 3. The molecule has 0 aliphatic heterocycles. The van der Waals surface area contributed by atoms with Crippen molar-refractivity contribution in [1.82, 2.24) is 0 Å². The van der Waals surface area contributed by atoms with E-state index in [2.05, 4.69) is 4.18 Å². The highest BCUT2D eigenvalue weighted by atomic mass is 32.2. The summed E-state index contributed by atoms with van der Waals surface area (Å²) in [6.45, 7) is 0. The number of hydrogen-bond acceptors (Lipinski definition) is 3. The van der Waals surface area contributed by atoms with Crippen LogP contribution in [0.3, 0.4) is 0 Å². The summed E-state index contributed by atoms with van der Waals surface area (Å²) in [7, 11) is -5.98. The van der Waals surface area contributed by atoms with Gasteiger partial charge < -0.3 is 0 Å². The van der Waals surface area contributed by atoms with Gasteiger partial charge >= 0.3 is 21.5 Å². The van der Waals surface area contributed by atoms with Crippen molar-refractivity contribution in [3.8, 4) is 0 Å². The molecule has 0 saturated heterocycles. The second-order valence-corrected chi connectivity index (χ2v) is 5.44. The molecule has 0 aromatic rings. The molecule has 0 heterocycles. The molecule has 3 nitrogen and oxygen atoms in total. The first-order chi connectivity index (χ1) is 7.58. The van der Waals surface area contributed by atoms with Gasteiger partial charge in [0, 0.05) is 0 Å². The maximum atomic E-state index is 12.6. The summed E-state index contributed by atoms with van der Waals surface area (Å²) in [5, 5.41) is -5.86. The zero-order valence-electron chi connectivity index (χ0n) is 8.64. The highest BCUT2D eigenvalue weighted by Gasteiger charge is 2.68. The van der Waals surface area contributed by atoms with Gasteiger partial charge in [-0.2, -0.15) is 30.4 Å². The van der Waals surface area contributed by atoms with Crippen LogP contribution in [0.25, 0.3) is 0 Å². The van der Waals surface area contributed by atoms with Gasteiger partial charge in [-0.25, -0.2) is 0 Å². The zero-order valence-corrected chi connectivity index (χ0v) is 9.45. The molecular weight excluding hydrogens is 271 g/mol. The first-order valence-corrected chi connectivity index (χ1v) is 6.36. The molecule has 0 aromatic carbocycles. The lowest BCUT2D eigenvalue weighted by Gasteiger charge is -2.25. The van der Waals surface area contributed by atoms with Gasteiger partial charge in [-0.15, -0.1) is 0 Å². The van der Waals surface area contributed by atoms with Gasteiger partial charge in [0.25, 0.3) is 0 Å². The van der Waals surface area contributed by atoms with Gasteiger partial charge in [0.1, 0.15) is 0 Å². The fourth-order valence-corrected chi connectivity index (χ4v) is 2.50. The Bertz CT molecular complexity index is 356. The van der Waals surface area contributed by atoms with Crippen molar-refractivity contribution in [2.45, 2.75) is 49.6 Å². The van der Waals surface area contributed by atoms with Gasteiger partial charge in [0.15, 0.2) is 0 Å². The smallest absolute Gasteiger partial charge is 0.262 e. The minimum Gasteiger partial charge on any atom is -0.262 e. The second-order valence-electron chi connectivity index (χ2n) is 3.82. The molecule has 0 amide bonds. The molecule has 0 radical (unpaired) electrons. The summed E-state index contributed by atoms with van der Waals surface area (Å²) in [5.41, 5.74) is 0. The van der Waals surface area contributed by atoms with Crippen LogP contribution >= 0.6 is 0 Å². The van der Waals surface area contributed by atoms with E-state index in [1.807, 2.05) is 0 Å². The summed E-state index contributed by atoms with van der Waals surface area (Å²) in [6, 6.07) is 0. The van der Waals surface area contributed by atoms with Crippen LogP contribution in [0.4, 0.5) is 22.0 Å². The topological polar surface area (TPSA) is 43.4 Å². The number of alkyl halides is 5. The van der Waals surface area contributed by atoms with E-state index >= 15 is 0 Å². The maximum absolute atomic E-state index is 12.6. The van der Waals surface area contributed by atoms with Crippen LogP contribution < -0.4 is 0 Å². The van der Waals surface area contributed by atoms with E-state index in [-0.39, 0.29) is 12.8 Å². The van der Waals surface area contributed by atoms with Gasteiger partial charge in [-0.05, 0) is 12.8 Å². The molecule has 17 heavy (non-hydrogen) atoms. The minimum absolute atomic E-state index is 0.174. The zero-order chi connectivity index (χ0) is 13.3. The monoisotopic (exact) mass is 282 g/mol. The van der Waals surface area contributed by atoms with Crippen LogP contribution in [0, 0.1) is 0 Å². The van der Waals surface area contributed by atoms with E-state index in [0.717, 1.165) is 6.42 Å². The third-order valence-electron chi connectivity index (χ3n) is 2.46. The highest BCUT2D eigenvalue weighted by molar-refractivity contribution is 7.87. The van der Waals surface area contributed by atoms with Crippen molar-refractivity contribution < 1.29 is 34.6 Å². The molecule has 0 bridgehead atoms. The third kappa shape index (κ3) is 3.06. The number of halogens is 5. The molecule has 1 aliphatic rings. The van der Waals surface area contributed by atoms with E-state index < -0.39 is 27.7 Å². The van der Waals surface area contributed by atoms with Gasteiger partial charge in [-0.3, -0.25) is 4.18 Å². The van der Waals surface area contributed by atoms with Crippen molar-refractivity contribution in [3.05, 3.63) is 0 Å². The highest BCUT2D eigenvalue weighted by Crippen LogP contribution is 2.41. The van der Waals surface area contributed by atoms with Crippen LogP contribution in [0.15, 0.2) is 0 Å². The molecule has 0 N–H and O–H groups in total.